The average molecular weight is 341 g/mol. The number of amides is 1. The van der Waals surface area contributed by atoms with Gasteiger partial charge in [-0.3, -0.25) is 4.79 Å². The predicted octanol–water partition coefficient (Wildman–Crippen LogP) is 1.37. The molecule has 1 aliphatic rings. The van der Waals surface area contributed by atoms with Crippen LogP contribution in [0.5, 0.6) is 0 Å². The summed E-state index contributed by atoms with van der Waals surface area (Å²) in [6, 6.07) is 0. The second-order valence-corrected chi connectivity index (χ2v) is 8.34. The first-order chi connectivity index (χ1) is 9.39. The molecule has 0 aromatic heterocycles. The molecular formula is C14H29ClN2O3S. The van der Waals surface area contributed by atoms with Crippen LogP contribution in [0.2, 0.25) is 0 Å². The van der Waals surface area contributed by atoms with Crippen LogP contribution >= 0.6 is 12.4 Å². The Hall–Kier alpha value is -0.330. The molecule has 2 N–H and O–H groups in total. The molecular weight excluding hydrogens is 312 g/mol. The largest absolute Gasteiger partial charge is 0.356 e. The lowest BCUT2D eigenvalue weighted by Gasteiger charge is -2.22. The van der Waals surface area contributed by atoms with Gasteiger partial charge < -0.3 is 10.6 Å². The molecule has 1 unspecified atom stereocenters. The normalized spacial score (nSPS) is 19.1. The zero-order valence-corrected chi connectivity index (χ0v) is 14.7. The number of sulfone groups is 1. The van der Waals surface area contributed by atoms with Gasteiger partial charge in [0.25, 0.3) is 0 Å². The molecule has 0 aliphatic carbocycles. The van der Waals surface area contributed by atoms with Crippen LogP contribution in [0.25, 0.3) is 0 Å². The zero-order chi connectivity index (χ0) is 15.0. The van der Waals surface area contributed by atoms with Crippen molar-refractivity contribution in [3.05, 3.63) is 0 Å². The summed E-state index contributed by atoms with van der Waals surface area (Å²) in [7, 11) is -3.09. The SMILES string of the molecule is CC(C)CS(=O)(=O)CCC(=O)NCCC1CCCNC1.Cl. The Morgan fingerprint density at radius 1 is 1.38 bits per heavy atom. The molecule has 0 saturated carbocycles. The van der Waals surface area contributed by atoms with Crippen molar-refractivity contribution in [2.24, 2.45) is 11.8 Å². The lowest BCUT2D eigenvalue weighted by molar-refractivity contribution is -0.120. The van der Waals surface area contributed by atoms with E-state index in [-0.39, 0.29) is 42.2 Å². The van der Waals surface area contributed by atoms with Crippen LogP contribution < -0.4 is 10.6 Å². The first-order valence-electron chi connectivity index (χ1n) is 7.57. The Labute approximate surface area is 135 Å². The zero-order valence-electron chi connectivity index (χ0n) is 13.1. The summed E-state index contributed by atoms with van der Waals surface area (Å²) in [5.41, 5.74) is 0. The maximum absolute atomic E-state index is 11.7. The van der Waals surface area contributed by atoms with E-state index in [1.165, 1.54) is 12.8 Å². The Morgan fingerprint density at radius 2 is 2.10 bits per heavy atom. The van der Waals surface area contributed by atoms with Crippen molar-refractivity contribution >= 4 is 28.2 Å². The highest BCUT2D eigenvalue weighted by molar-refractivity contribution is 7.91. The van der Waals surface area contributed by atoms with Crippen molar-refractivity contribution in [3.8, 4) is 0 Å². The van der Waals surface area contributed by atoms with Crippen molar-refractivity contribution in [3.63, 3.8) is 0 Å². The second kappa shape index (κ2) is 10.4. The van der Waals surface area contributed by atoms with Crippen molar-refractivity contribution in [2.75, 3.05) is 31.1 Å². The number of nitrogens with one attached hydrogen (secondary N) is 2. The Morgan fingerprint density at radius 3 is 2.67 bits per heavy atom. The smallest absolute Gasteiger partial charge is 0.221 e. The molecule has 0 aromatic rings. The lowest BCUT2D eigenvalue weighted by Crippen LogP contribution is -2.33. The predicted molar refractivity (Wildman–Crippen MR) is 88.6 cm³/mol. The van der Waals surface area contributed by atoms with E-state index in [9.17, 15) is 13.2 Å². The van der Waals surface area contributed by atoms with Gasteiger partial charge in [0.1, 0.15) is 0 Å². The molecule has 1 fully saturated rings. The van der Waals surface area contributed by atoms with E-state index >= 15 is 0 Å². The lowest BCUT2D eigenvalue weighted by atomic mass is 9.96. The fourth-order valence-electron chi connectivity index (χ4n) is 2.51. The Balaban J connectivity index is 0.00000400. The molecule has 1 aliphatic heterocycles. The first kappa shape index (κ1) is 20.7. The Bertz CT molecular complexity index is 393. The van der Waals surface area contributed by atoms with Crippen LogP contribution in [-0.4, -0.2) is 45.5 Å². The number of carbonyl (C=O) groups excluding carboxylic acids is 1. The van der Waals surface area contributed by atoms with Crippen molar-refractivity contribution in [2.45, 2.75) is 39.5 Å². The molecule has 7 heteroatoms. The number of carbonyl (C=O) groups is 1. The Kier molecular flexibility index (Phi) is 10.2. The minimum atomic E-state index is -3.09. The number of piperidine rings is 1. The second-order valence-electron chi connectivity index (χ2n) is 6.11. The van der Waals surface area contributed by atoms with Crippen molar-refractivity contribution < 1.29 is 13.2 Å². The number of hydrogen-bond donors (Lipinski definition) is 2. The molecule has 1 heterocycles. The van der Waals surface area contributed by atoms with Gasteiger partial charge in [-0.2, -0.15) is 0 Å². The highest BCUT2D eigenvalue weighted by atomic mass is 35.5. The fourth-order valence-corrected chi connectivity index (χ4v) is 4.19. The van der Waals surface area contributed by atoms with Crippen molar-refractivity contribution in [1.82, 2.24) is 10.6 Å². The fraction of sp³-hybridized carbons (Fsp3) is 0.929. The van der Waals surface area contributed by atoms with Gasteiger partial charge in [-0.05, 0) is 44.2 Å². The van der Waals surface area contributed by atoms with E-state index in [1.54, 1.807) is 0 Å². The molecule has 1 atom stereocenters. The minimum Gasteiger partial charge on any atom is -0.356 e. The summed E-state index contributed by atoms with van der Waals surface area (Å²) in [6.45, 7) is 6.51. The number of halogens is 1. The molecule has 0 bridgehead atoms. The summed E-state index contributed by atoms with van der Waals surface area (Å²) >= 11 is 0. The van der Waals surface area contributed by atoms with Gasteiger partial charge >= 0.3 is 0 Å². The van der Waals surface area contributed by atoms with Crippen LogP contribution in [0.3, 0.4) is 0 Å². The van der Waals surface area contributed by atoms with Gasteiger partial charge in [-0.15, -0.1) is 12.4 Å². The maximum Gasteiger partial charge on any atom is 0.221 e. The highest BCUT2D eigenvalue weighted by Crippen LogP contribution is 2.12. The van der Waals surface area contributed by atoms with E-state index in [0.29, 0.717) is 12.5 Å². The van der Waals surface area contributed by atoms with Gasteiger partial charge in [0.15, 0.2) is 9.84 Å². The third kappa shape index (κ3) is 10.1. The van der Waals surface area contributed by atoms with Gasteiger partial charge in [0.05, 0.1) is 11.5 Å². The molecule has 21 heavy (non-hydrogen) atoms. The molecule has 0 spiro atoms. The van der Waals surface area contributed by atoms with E-state index in [0.717, 1.165) is 19.5 Å². The number of rotatable bonds is 8. The van der Waals surface area contributed by atoms with Crippen LogP contribution in [0.1, 0.15) is 39.5 Å². The molecule has 5 nitrogen and oxygen atoms in total. The van der Waals surface area contributed by atoms with E-state index in [4.69, 9.17) is 0 Å². The molecule has 0 aromatic carbocycles. The average Bonchev–Trinajstić information content (AvgIpc) is 2.36. The van der Waals surface area contributed by atoms with Crippen LogP contribution in [0.15, 0.2) is 0 Å². The van der Waals surface area contributed by atoms with Gasteiger partial charge in [0, 0.05) is 13.0 Å². The third-order valence-corrected chi connectivity index (χ3v) is 5.50. The first-order valence-corrected chi connectivity index (χ1v) is 9.39. The van der Waals surface area contributed by atoms with Gasteiger partial charge in [-0.1, -0.05) is 13.8 Å². The summed E-state index contributed by atoms with van der Waals surface area (Å²) in [5, 5.41) is 6.17. The molecule has 1 amide bonds. The van der Waals surface area contributed by atoms with Crippen LogP contribution in [0, 0.1) is 11.8 Å². The monoisotopic (exact) mass is 340 g/mol. The third-order valence-electron chi connectivity index (χ3n) is 3.50. The summed E-state index contributed by atoms with van der Waals surface area (Å²) in [5.74, 6) is 0.715. The van der Waals surface area contributed by atoms with Gasteiger partial charge in [-0.25, -0.2) is 8.42 Å². The molecule has 0 radical (unpaired) electrons. The molecule has 1 saturated heterocycles. The summed E-state index contributed by atoms with van der Waals surface area (Å²) < 4.78 is 23.4. The quantitative estimate of drug-likeness (QED) is 0.700. The van der Waals surface area contributed by atoms with E-state index in [2.05, 4.69) is 10.6 Å². The van der Waals surface area contributed by atoms with Crippen LogP contribution in [-0.2, 0) is 14.6 Å². The topological polar surface area (TPSA) is 75.3 Å². The maximum atomic E-state index is 11.7. The summed E-state index contributed by atoms with van der Waals surface area (Å²) in [4.78, 5) is 11.6. The van der Waals surface area contributed by atoms with Gasteiger partial charge in [0.2, 0.25) is 5.91 Å². The van der Waals surface area contributed by atoms with E-state index in [1.807, 2.05) is 13.8 Å². The number of hydrogen-bond acceptors (Lipinski definition) is 4. The summed E-state index contributed by atoms with van der Waals surface area (Å²) in [6.07, 6.45) is 3.47. The molecule has 126 valence electrons. The molecule has 1 rings (SSSR count). The standard InChI is InChI=1S/C14H28N2O3S.ClH/c1-12(2)11-20(18,19)9-6-14(17)16-8-5-13-4-3-7-15-10-13;/h12-13,15H,3-11H2,1-2H3,(H,16,17);1H. The van der Waals surface area contributed by atoms with Crippen molar-refractivity contribution in [1.29, 1.82) is 0 Å². The van der Waals surface area contributed by atoms with Crippen LogP contribution in [0.4, 0.5) is 0 Å². The van der Waals surface area contributed by atoms with E-state index < -0.39 is 9.84 Å². The highest BCUT2D eigenvalue weighted by Gasteiger charge is 2.16. The minimum absolute atomic E-state index is 0.